The first-order chi connectivity index (χ1) is 19.0. The lowest BCUT2D eigenvalue weighted by Gasteiger charge is -2.05. The van der Waals surface area contributed by atoms with Crippen LogP contribution < -0.4 is 10.1 Å². The Hall–Kier alpha value is -4.82. The van der Waals surface area contributed by atoms with Gasteiger partial charge in [0.05, 0.1) is 10.2 Å². The van der Waals surface area contributed by atoms with Crippen LogP contribution in [0.15, 0.2) is 88.2 Å². The molecule has 7 rings (SSSR count). The van der Waals surface area contributed by atoms with Crippen LogP contribution in [0.3, 0.4) is 0 Å². The first-order valence-electron chi connectivity index (χ1n) is 12.6. The van der Waals surface area contributed by atoms with Crippen LogP contribution in [0.25, 0.3) is 50.5 Å². The largest absolute Gasteiger partial charge is 0.452 e. The number of benzene rings is 3. The molecule has 0 aliphatic heterocycles. The highest BCUT2D eigenvalue weighted by atomic mass is 32.1. The van der Waals surface area contributed by atoms with Crippen molar-refractivity contribution in [2.24, 2.45) is 0 Å². The van der Waals surface area contributed by atoms with Crippen molar-refractivity contribution >= 4 is 33.3 Å². The van der Waals surface area contributed by atoms with Crippen molar-refractivity contribution in [3.63, 3.8) is 0 Å². The number of furan rings is 1. The number of aryl methyl sites for hydroxylation is 3. The number of thiazole rings is 1. The highest BCUT2D eigenvalue weighted by molar-refractivity contribution is 7.15. The Morgan fingerprint density at radius 2 is 1.72 bits per heavy atom. The average molecular weight is 530 g/mol. The van der Waals surface area contributed by atoms with Crippen LogP contribution >= 0.6 is 11.3 Å². The Morgan fingerprint density at radius 3 is 2.51 bits per heavy atom. The zero-order chi connectivity index (χ0) is 26.7. The second-order valence-electron chi connectivity index (χ2n) is 9.63. The van der Waals surface area contributed by atoms with Crippen LogP contribution in [-0.4, -0.2) is 24.4 Å². The van der Waals surface area contributed by atoms with E-state index in [1.54, 1.807) is 0 Å². The van der Waals surface area contributed by atoms with Gasteiger partial charge in [-0.1, -0.05) is 65.4 Å². The maximum atomic E-state index is 13.5. The maximum Gasteiger partial charge on any atom is 0.291 e. The van der Waals surface area contributed by atoms with Crippen molar-refractivity contribution in [3.05, 3.63) is 116 Å². The summed E-state index contributed by atoms with van der Waals surface area (Å²) in [5.74, 6) is 0.991. The third-order valence-electron chi connectivity index (χ3n) is 6.93. The summed E-state index contributed by atoms with van der Waals surface area (Å²) in [7, 11) is 0. The molecule has 0 spiro atoms. The molecule has 7 aromatic rings. The molecule has 0 atom stereocenters. The van der Waals surface area contributed by atoms with Gasteiger partial charge in [-0.05, 0) is 56.7 Å². The lowest BCUT2D eigenvalue weighted by Crippen LogP contribution is -2.23. The minimum atomic E-state index is -0.220. The molecular weight excluding hydrogens is 506 g/mol. The van der Waals surface area contributed by atoms with Gasteiger partial charge >= 0.3 is 0 Å². The predicted molar refractivity (Wildman–Crippen MR) is 154 cm³/mol. The summed E-state index contributed by atoms with van der Waals surface area (Å²) in [6.07, 6.45) is 3.85. The molecule has 0 radical (unpaired) electrons. The van der Waals surface area contributed by atoms with E-state index in [0.717, 1.165) is 50.2 Å². The smallest absolute Gasteiger partial charge is 0.291 e. The molecule has 39 heavy (non-hydrogen) atoms. The first kappa shape index (κ1) is 23.3. The van der Waals surface area contributed by atoms with Gasteiger partial charge in [-0.2, -0.15) is 14.6 Å². The Labute approximate surface area is 227 Å². The minimum Gasteiger partial charge on any atom is -0.452 e. The lowest BCUT2D eigenvalue weighted by atomic mass is 10.0. The highest BCUT2D eigenvalue weighted by Crippen LogP contribution is 2.32. The molecule has 0 N–H and O–H groups in total. The van der Waals surface area contributed by atoms with Gasteiger partial charge in [0, 0.05) is 28.3 Å². The van der Waals surface area contributed by atoms with E-state index in [9.17, 15) is 4.79 Å². The van der Waals surface area contributed by atoms with Gasteiger partial charge in [0.2, 0.25) is 10.8 Å². The van der Waals surface area contributed by atoms with Crippen molar-refractivity contribution in [1.29, 1.82) is 0 Å². The number of aromatic nitrogens is 5. The summed E-state index contributed by atoms with van der Waals surface area (Å²) in [6, 6.07) is 24.1. The van der Waals surface area contributed by atoms with Gasteiger partial charge in [-0.15, -0.1) is 5.10 Å². The van der Waals surface area contributed by atoms with E-state index in [1.165, 1.54) is 15.9 Å². The van der Waals surface area contributed by atoms with Gasteiger partial charge < -0.3 is 4.42 Å². The van der Waals surface area contributed by atoms with Gasteiger partial charge in [-0.25, -0.2) is 4.68 Å². The topological polar surface area (TPSA) is 78.2 Å². The Morgan fingerprint density at radius 1 is 0.923 bits per heavy atom. The van der Waals surface area contributed by atoms with Crippen molar-refractivity contribution in [1.82, 2.24) is 24.4 Å². The number of rotatable bonds is 4. The molecule has 0 saturated carbocycles. The number of hydrogen-bond donors (Lipinski definition) is 0. The SMILES string of the molecule is Cc1ccc(C)c(-c2nn(-c3ccccc3)cc2C=c2sc3nc(-c4oc5ccccc5c4C)nn3c2=O)c1. The molecule has 7 nitrogen and oxygen atoms in total. The summed E-state index contributed by atoms with van der Waals surface area (Å²) < 4.78 is 9.78. The second-order valence-corrected chi connectivity index (χ2v) is 10.6. The molecule has 3 aromatic carbocycles. The third-order valence-corrected chi connectivity index (χ3v) is 7.89. The molecule has 4 heterocycles. The first-order valence-corrected chi connectivity index (χ1v) is 13.4. The molecule has 0 aliphatic carbocycles. The van der Waals surface area contributed by atoms with Crippen LogP contribution in [-0.2, 0) is 0 Å². The standard InChI is InChI=1S/C31H23N5O2S/c1-18-13-14-19(2)24(15-18)27-21(17-35(33-27)22-9-5-4-6-10-22)16-26-30(37)36-31(39-26)32-29(34-36)28-20(3)23-11-7-8-12-25(23)38-28/h4-17H,1-3H3. The molecule has 0 fully saturated rings. The monoisotopic (exact) mass is 529 g/mol. The molecule has 190 valence electrons. The molecule has 0 aliphatic rings. The predicted octanol–water partition coefficient (Wildman–Crippen LogP) is 5.89. The van der Waals surface area contributed by atoms with Gasteiger partial charge in [0.1, 0.15) is 11.3 Å². The van der Waals surface area contributed by atoms with E-state index in [-0.39, 0.29) is 5.56 Å². The lowest BCUT2D eigenvalue weighted by molar-refractivity contribution is 0.622. The molecule has 4 aromatic heterocycles. The molecule has 0 unspecified atom stereocenters. The summed E-state index contributed by atoms with van der Waals surface area (Å²) in [5.41, 5.74) is 7.41. The van der Waals surface area contributed by atoms with Gasteiger partial charge in [0.15, 0.2) is 5.76 Å². The van der Waals surface area contributed by atoms with E-state index in [0.29, 0.717) is 21.1 Å². The zero-order valence-electron chi connectivity index (χ0n) is 21.5. The van der Waals surface area contributed by atoms with Crippen molar-refractivity contribution < 1.29 is 4.42 Å². The number of para-hydroxylation sites is 2. The van der Waals surface area contributed by atoms with Crippen LogP contribution in [0.1, 0.15) is 22.3 Å². The van der Waals surface area contributed by atoms with Crippen molar-refractivity contribution in [2.75, 3.05) is 0 Å². The molecule has 0 saturated heterocycles. The fraction of sp³-hybridized carbons (Fsp3) is 0.0968. The zero-order valence-corrected chi connectivity index (χ0v) is 22.4. The van der Waals surface area contributed by atoms with Crippen LogP contribution in [0, 0.1) is 20.8 Å². The summed E-state index contributed by atoms with van der Waals surface area (Å²) >= 11 is 1.31. The van der Waals surface area contributed by atoms with E-state index >= 15 is 0 Å². The van der Waals surface area contributed by atoms with Crippen molar-refractivity contribution in [3.8, 4) is 28.5 Å². The van der Waals surface area contributed by atoms with Gasteiger partial charge in [0.25, 0.3) is 5.56 Å². The van der Waals surface area contributed by atoms with Gasteiger partial charge in [-0.3, -0.25) is 4.79 Å². The Kier molecular flexibility index (Phi) is 5.31. The fourth-order valence-electron chi connectivity index (χ4n) is 4.86. The molecular formula is C31H23N5O2S. The quantitative estimate of drug-likeness (QED) is 0.284. The number of nitrogens with zero attached hydrogens (tertiary/aromatic N) is 5. The third kappa shape index (κ3) is 3.88. The van der Waals surface area contributed by atoms with Crippen LogP contribution in [0.5, 0.6) is 0 Å². The summed E-state index contributed by atoms with van der Waals surface area (Å²) in [4.78, 5) is 18.6. The molecule has 0 amide bonds. The van der Waals surface area contributed by atoms with E-state index in [2.05, 4.69) is 42.1 Å². The highest BCUT2D eigenvalue weighted by Gasteiger charge is 2.20. The Balaban J connectivity index is 1.38. The summed E-state index contributed by atoms with van der Waals surface area (Å²) in [5, 5.41) is 10.5. The maximum absolute atomic E-state index is 13.5. The fourth-order valence-corrected chi connectivity index (χ4v) is 5.76. The summed E-state index contributed by atoms with van der Waals surface area (Å²) in [6.45, 7) is 6.12. The normalized spacial score (nSPS) is 12.2. The van der Waals surface area contributed by atoms with Crippen LogP contribution in [0.2, 0.25) is 0 Å². The number of hydrogen-bond acceptors (Lipinski definition) is 6. The van der Waals surface area contributed by atoms with Crippen molar-refractivity contribution in [2.45, 2.75) is 20.8 Å². The van der Waals surface area contributed by atoms with E-state index in [1.807, 2.05) is 78.5 Å². The molecule has 8 heteroatoms. The Bertz CT molecular complexity index is 2130. The van der Waals surface area contributed by atoms with Crippen LogP contribution in [0.4, 0.5) is 0 Å². The van der Waals surface area contributed by atoms with E-state index in [4.69, 9.17) is 9.52 Å². The number of fused-ring (bicyclic) bond motifs is 2. The molecule has 0 bridgehead atoms. The average Bonchev–Trinajstić information content (AvgIpc) is 3.70. The second kappa shape index (κ2) is 8.89. The minimum absolute atomic E-state index is 0.220. The van der Waals surface area contributed by atoms with E-state index < -0.39 is 0 Å².